The summed E-state index contributed by atoms with van der Waals surface area (Å²) in [5, 5.41) is 2.89. The summed E-state index contributed by atoms with van der Waals surface area (Å²) in [7, 11) is 2.00. The van der Waals surface area contributed by atoms with Crippen LogP contribution in [-0.4, -0.2) is 28.6 Å². The number of aryl methyl sites for hydroxylation is 2. The molecule has 1 amide bonds. The van der Waals surface area contributed by atoms with E-state index in [2.05, 4.69) is 22.9 Å². The number of esters is 1. The van der Waals surface area contributed by atoms with Crippen LogP contribution >= 0.6 is 0 Å². The van der Waals surface area contributed by atoms with Gasteiger partial charge in [-0.25, -0.2) is 0 Å². The molecule has 0 saturated carbocycles. The van der Waals surface area contributed by atoms with Gasteiger partial charge >= 0.3 is 5.97 Å². The Morgan fingerprint density at radius 2 is 2.05 bits per heavy atom. The average Bonchev–Trinajstić information content (AvgIpc) is 2.63. The fraction of sp³-hybridized carbons (Fsp3) is 0.600. The first-order chi connectivity index (χ1) is 9.23. The lowest BCUT2D eigenvalue weighted by atomic mass is 9.94. The number of nitrogens with one attached hydrogen (secondary N) is 1. The molecule has 1 atom stereocenters. The molecule has 0 radical (unpaired) electrons. The zero-order valence-electron chi connectivity index (χ0n) is 12.9. The Kier molecular flexibility index (Phi) is 5.36. The molecular formula is C15H24N2O3. The Labute approximate surface area is 120 Å². The van der Waals surface area contributed by atoms with Crippen LogP contribution in [0.2, 0.25) is 0 Å². The van der Waals surface area contributed by atoms with Crippen LogP contribution in [0.5, 0.6) is 0 Å². The molecule has 0 unspecified atom stereocenters. The lowest BCUT2D eigenvalue weighted by molar-refractivity contribution is -0.144. The van der Waals surface area contributed by atoms with Crippen LogP contribution in [0.3, 0.4) is 0 Å². The zero-order valence-corrected chi connectivity index (χ0v) is 12.9. The summed E-state index contributed by atoms with van der Waals surface area (Å²) in [5.41, 5.74) is 1.91. The fourth-order valence-corrected chi connectivity index (χ4v) is 2.31. The summed E-state index contributed by atoms with van der Waals surface area (Å²) in [5.74, 6) is -0.458. The lowest BCUT2D eigenvalue weighted by Crippen LogP contribution is -2.49. The topological polar surface area (TPSA) is 60.3 Å². The normalized spacial score (nSPS) is 13.7. The third kappa shape index (κ3) is 4.72. The van der Waals surface area contributed by atoms with E-state index >= 15 is 0 Å². The van der Waals surface area contributed by atoms with Crippen molar-refractivity contribution in [3.8, 4) is 0 Å². The molecular weight excluding hydrogens is 256 g/mol. The Hall–Kier alpha value is -1.78. The number of carbonyl (C=O) groups is 2. The van der Waals surface area contributed by atoms with Crippen LogP contribution in [0.1, 0.15) is 38.4 Å². The van der Waals surface area contributed by atoms with Crippen molar-refractivity contribution in [1.82, 2.24) is 9.88 Å². The molecule has 5 nitrogen and oxygen atoms in total. The van der Waals surface area contributed by atoms with Crippen LogP contribution in [0, 0.1) is 6.92 Å². The minimum atomic E-state index is -0.547. The number of hydrogen-bond donors (Lipinski definition) is 1. The van der Waals surface area contributed by atoms with Crippen molar-refractivity contribution in [2.75, 3.05) is 6.61 Å². The lowest BCUT2D eigenvalue weighted by Gasteiger charge is -2.30. The Morgan fingerprint density at radius 1 is 1.40 bits per heavy atom. The minimum absolute atomic E-state index is 0.122. The maximum atomic E-state index is 11.3. The molecule has 20 heavy (non-hydrogen) atoms. The molecule has 0 saturated heterocycles. The predicted molar refractivity (Wildman–Crippen MR) is 77.3 cm³/mol. The third-order valence-electron chi connectivity index (χ3n) is 3.41. The molecule has 0 aliphatic rings. The highest BCUT2D eigenvalue weighted by Crippen LogP contribution is 2.18. The molecule has 112 valence electrons. The summed E-state index contributed by atoms with van der Waals surface area (Å²) in [4.78, 5) is 22.3. The van der Waals surface area contributed by atoms with Crippen molar-refractivity contribution in [2.24, 2.45) is 7.05 Å². The number of aromatic nitrogens is 1. The highest BCUT2D eigenvalue weighted by Gasteiger charge is 2.27. The van der Waals surface area contributed by atoms with Crippen molar-refractivity contribution >= 4 is 11.9 Å². The van der Waals surface area contributed by atoms with E-state index in [0.717, 1.165) is 6.42 Å². The van der Waals surface area contributed by atoms with Crippen molar-refractivity contribution in [3.05, 3.63) is 23.5 Å². The third-order valence-corrected chi connectivity index (χ3v) is 3.41. The van der Waals surface area contributed by atoms with E-state index in [1.54, 1.807) is 0 Å². The van der Waals surface area contributed by atoms with Gasteiger partial charge in [0.2, 0.25) is 5.91 Å². The number of nitrogens with zero attached hydrogens (tertiary/aromatic N) is 1. The summed E-state index contributed by atoms with van der Waals surface area (Å²) < 4.78 is 7.16. The molecule has 0 fully saturated rings. The van der Waals surface area contributed by atoms with Gasteiger partial charge in [-0.05, 0) is 38.3 Å². The van der Waals surface area contributed by atoms with E-state index in [1.165, 1.54) is 25.1 Å². The van der Waals surface area contributed by atoms with Gasteiger partial charge in [-0.3, -0.25) is 9.59 Å². The number of hydrogen-bond acceptors (Lipinski definition) is 3. The quantitative estimate of drug-likeness (QED) is 0.807. The average molecular weight is 280 g/mol. The van der Waals surface area contributed by atoms with Gasteiger partial charge in [0, 0.05) is 32.8 Å². The number of ether oxygens (including phenoxy) is 1. The Morgan fingerprint density at radius 3 is 2.50 bits per heavy atom. The largest absolute Gasteiger partial charge is 0.463 e. The summed E-state index contributed by atoms with van der Waals surface area (Å²) in [6, 6.07) is 2.07. The maximum Gasteiger partial charge on any atom is 0.302 e. The molecule has 0 aliphatic carbocycles. The van der Waals surface area contributed by atoms with Crippen LogP contribution in [0.4, 0.5) is 0 Å². The molecule has 0 aliphatic heterocycles. The number of rotatable bonds is 6. The highest BCUT2D eigenvalue weighted by molar-refractivity contribution is 5.74. The monoisotopic (exact) mass is 280 g/mol. The van der Waals surface area contributed by atoms with Gasteiger partial charge in [0.25, 0.3) is 0 Å². The van der Waals surface area contributed by atoms with Gasteiger partial charge in [-0.1, -0.05) is 0 Å². The summed E-state index contributed by atoms with van der Waals surface area (Å²) in [6.07, 6.45) is 3.54. The van der Waals surface area contributed by atoms with Gasteiger partial charge in [-0.15, -0.1) is 0 Å². The van der Waals surface area contributed by atoms with Crippen molar-refractivity contribution in [1.29, 1.82) is 0 Å². The molecule has 1 aromatic heterocycles. The molecule has 5 heteroatoms. The molecule has 0 aromatic carbocycles. The number of amides is 1. The van der Waals surface area contributed by atoms with Gasteiger partial charge in [0.1, 0.15) is 6.61 Å². The molecule has 0 bridgehead atoms. The molecule has 1 rings (SSSR count). The van der Waals surface area contributed by atoms with Crippen molar-refractivity contribution < 1.29 is 14.3 Å². The van der Waals surface area contributed by atoms with Gasteiger partial charge in [0.05, 0.1) is 5.54 Å². The van der Waals surface area contributed by atoms with E-state index in [4.69, 9.17) is 4.74 Å². The van der Waals surface area contributed by atoms with E-state index in [9.17, 15) is 9.59 Å². The second kappa shape index (κ2) is 6.59. The second-order valence-corrected chi connectivity index (χ2v) is 5.58. The first kappa shape index (κ1) is 16.3. The zero-order chi connectivity index (χ0) is 15.3. The fourth-order valence-electron chi connectivity index (χ4n) is 2.31. The van der Waals surface area contributed by atoms with Crippen molar-refractivity contribution in [2.45, 2.75) is 46.1 Å². The first-order valence-electron chi connectivity index (χ1n) is 6.76. The van der Waals surface area contributed by atoms with Crippen LogP contribution in [-0.2, 0) is 27.8 Å². The van der Waals surface area contributed by atoms with E-state index in [0.29, 0.717) is 6.42 Å². The smallest absolute Gasteiger partial charge is 0.302 e. The molecule has 1 N–H and O–H groups in total. The van der Waals surface area contributed by atoms with Crippen LogP contribution in [0.25, 0.3) is 0 Å². The molecule has 1 heterocycles. The summed E-state index contributed by atoms with van der Waals surface area (Å²) >= 11 is 0. The van der Waals surface area contributed by atoms with E-state index in [1.807, 2.05) is 20.2 Å². The first-order valence-corrected chi connectivity index (χ1v) is 6.76. The van der Waals surface area contributed by atoms with Crippen LogP contribution < -0.4 is 5.32 Å². The molecule has 1 aromatic rings. The van der Waals surface area contributed by atoms with E-state index in [-0.39, 0.29) is 18.5 Å². The van der Waals surface area contributed by atoms with Crippen molar-refractivity contribution in [3.63, 3.8) is 0 Å². The predicted octanol–water partition coefficient (Wildman–Crippen LogP) is 1.72. The van der Waals surface area contributed by atoms with Gasteiger partial charge in [0.15, 0.2) is 0 Å². The maximum absolute atomic E-state index is 11.3. The summed E-state index contributed by atoms with van der Waals surface area (Å²) in [6.45, 7) is 6.99. The SMILES string of the molecule is CC(=O)N[C@](C)(CCc1c(C)ccn1C)COC(C)=O. The van der Waals surface area contributed by atoms with Gasteiger partial charge in [-0.2, -0.15) is 0 Å². The Bertz CT molecular complexity index is 474. The van der Waals surface area contributed by atoms with E-state index < -0.39 is 5.54 Å². The Balaban J connectivity index is 2.74. The number of carbonyl (C=O) groups excluding carboxylic acids is 2. The second-order valence-electron chi connectivity index (χ2n) is 5.58. The van der Waals surface area contributed by atoms with Crippen LogP contribution in [0.15, 0.2) is 12.3 Å². The minimum Gasteiger partial charge on any atom is -0.463 e. The van der Waals surface area contributed by atoms with Gasteiger partial charge < -0.3 is 14.6 Å². The standard InChI is InChI=1S/C15H24N2O3/c1-11-7-9-17(5)14(11)6-8-15(4,16-12(2)18)10-20-13(3)19/h7,9H,6,8,10H2,1-5H3,(H,16,18)/t15-/m1/s1. The molecule has 0 spiro atoms. The highest BCUT2D eigenvalue weighted by atomic mass is 16.5.